The van der Waals surface area contributed by atoms with E-state index in [4.69, 9.17) is 37.0 Å². The molecule has 0 aliphatic carbocycles. The predicted molar refractivity (Wildman–Crippen MR) is 395 cm³/mol. The normalized spacial score (nSPS) is 14.0. The molecule has 0 radical (unpaired) electrons. The summed E-state index contributed by atoms with van der Waals surface area (Å²) in [7, 11) is -9.91. The Bertz CT molecular complexity index is 1870. The summed E-state index contributed by atoms with van der Waals surface area (Å²) in [5, 5.41) is 10.6. The summed E-state index contributed by atoms with van der Waals surface area (Å²) >= 11 is 0. The first-order valence-corrected chi connectivity index (χ1v) is 43.5. The smallest absolute Gasteiger partial charge is 0.462 e. The molecule has 0 saturated heterocycles. The molecule has 0 aromatic carbocycles. The molecule has 0 aromatic rings. The highest BCUT2D eigenvalue weighted by Gasteiger charge is 2.30. The fourth-order valence-corrected chi connectivity index (χ4v) is 13.6. The molecule has 5 atom stereocenters. The minimum atomic E-state index is -4.96. The summed E-state index contributed by atoms with van der Waals surface area (Å²) in [4.78, 5) is 72.9. The van der Waals surface area contributed by atoms with E-state index in [1.807, 2.05) is 0 Å². The summed E-state index contributed by atoms with van der Waals surface area (Å²) in [5.74, 6) is -0.673. The second-order valence-corrected chi connectivity index (χ2v) is 32.0. The SMILES string of the molecule is CCCCCCCCCCCCCCCCCCCCCC(=O)O[C@H](COC(=O)CCCCCCCCCCCCCCCCCC)COP(=O)(O)OC[C@@H](O)COP(=O)(O)OC[C@@H](COC(=O)CCCCCCCCCC(C)C)OC(=O)CCCCCCCCCCCC(C)C. The quantitative estimate of drug-likeness (QED) is 0.0222. The standard InChI is InChI=1S/C78H152O17P2/c1-7-9-11-13-15-17-19-21-23-25-26-27-29-31-33-37-43-50-56-62-77(82)94-73(66-88-75(80)60-54-48-42-36-32-30-28-24-22-20-18-16-14-12-10-8-2)68-92-96(84,85)90-64-72(79)65-91-97(86,87)93-69-74(67-89-76(81)61-55-49-45-39-41-47-53-59-71(5)6)95-78(83)63-57-51-44-38-34-35-40-46-52-58-70(3)4/h70-74,79H,7-69H2,1-6H3,(H,84,85)(H,86,87)/t72-,73-,74-/m1/s1. The van der Waals surface area contributed by atoms with E-state index >= 15 is 0 Å². The van der Waals surface area contributed by atoms with Gasteiger partial charge in [0.2, 0.25) is 0 Å². The number of carbonyl (C=O) groups is 4. The Morgan fingerprint density at radius 1 is 0.278 bits per heavy atom. The molecule has 97 heavy (non-hydrogen) atoms. The number of unbranched alkanes of at least 4 members (excludes halogenated alkanes) is 47. The van der Waals surface area contributed by atoms with Gasteiger partial charge in [0.15, 0.2) is 12.2 Å². The number of rotatable bonds is 77. The van der Waals surface area contributed by atoms with Crippen LogP contribution >= 0.6 is 15.6 Å². The summed E-state index contributed by atoms with van der Waals surface area (Å²) in [5.41, 5.74) is 0. The average molecular weight is 1420 g/mol. The van der Waals surface area contributed by atoms with E-state index in [1.165, 1.54) is 218 Å². The molecule has 3 N–H and O–H groups in total. The van der Waals surface area contributed by atoms with E-state index < -0.39 is 97.5 Å². The van der Waals surface area contributed by atoms with E-state index in [0.29, 0.717) is 31.6 Å². The highest BCUT2D eigenvalue weighted by Crippen LogP contribution is 2.45. The van der Waals surface area contributed by atoms with Gasteiger partial charge in [0.1, 0.15) is 19.3 Å². The molecule has 0 aliphatic heterocycles. The molecule has 0 heterocycles. The number of aliphatic hydroxyl groups excluding tert-OH is 1. The van der Waals surface area contributed by atoms with Gasteiger partial charge in [-0.3, -0.25) is 37.3 Å². The van der Waals surface area contributed by atoms with Crippen LogP contribution in [0.1, 0.15) is 408 Å². The van der Waals surface area contributed by atoms with Gasteiger partial charge in [0.05, 0.1) is 26.4 Å². The van der Waals surface area contributed by atoms with Gasteiger partial charge in [0, 0.05) is 25.7 Å². The van der Waals surface area contributed by atoms with Crippen LogP contribution in [0.15, 0.2) is 0 Å². The number of carbonyl (C=O) groups excluding carboxylic acids is 4. The van der Waals surface area contributed by atoms with Crippen molar-refractivity contribution in [3.63, 3.8) is 0 Å². The van der Waals surface area contributed by atoms with E-state index in [-0.39, 0.29) is 25.7 Å². The van der Waals surface area contributed by atoms with E-state index in [0.717, 1.165) is 102 Å². The summed E-state index contributed by atoms with van der Waals surface area (Å²) in [6.07, 6.45) is 58.4. The maximum absolute atomic E-state index is 13.1. The second-order valence-electron chi connectivity index (χ2n) is 29.1. The van der Waals surface area contributed by atoms with Crippen molar-refractivity contribution in [3.8, 4) is 0 Å². The van der Waals surface area contributed by atoms with E-state index in [9.17, 15) is 43.2 Å². The number of esters is 4. The maximum Gasteiger partial charge on any atom is 0.472 e. The largest absolute Gasteiger partial charge is 0.472 e. The predicted octanol–water partition coefficient (Wildman–Crippen LogP) is 23.1. The van der Waals surface area contributed by atoms with Crippen LogP contribution in [-0.2, 0) is 65.4 Å². The van der Waals surface area contributed by atoms with Crippen LogP contribution in [0.5, 0.6) is 0 Å². The highest BCUT2D eigenvalue weighted by molar-refractivity contribution is 7.47. The number of hydrogen-bond donors (Lipinski definition) is 3. The van der Waals surface area contributed by atoms with Crippen molar-refractivity contribution in [2.24, 2.45) is 11.8 Å². The number of hydrogen-bond acceptors (Lipinski definition) is 15. The lowest BCUT2D eigenvalue weighted by atomic mass is 10.0. The van der Waals surface area contributed by atoms with Crippen molar-refractivity contribution < 1.29 is 80.2 Å². The van der Waals surface area contributed by atoms with Gasteiger partial charge < -0.3 is 33.8 Å². The van der Waals surface area contributed by atoms with Crippen molar-refractivity contribution in [2.75, 3.05) is 39.6 Å². The summed E-state index contributed by atoms with van der Waals surface area (Å²) in [6.45, 7) is 9.53. The number of aliphatic hydroxyl groups is 1. The molecule has 2 unspecified atom stereocenters. The Kier molecular flexibility index (Phi) is 68.4. The monoisotopic (exact) mass is 1420 g/mol. The summed E-state index contributed by atoms with van der Waals surface area (Å²) < 4.78 is 68.6. The Morgan fingerprint density at radius 2 is 0.474 bits per heavy atom. The number of ether oxygens (including phenoxy) is 4. The lowest BCUT2D eigenvalue weighted by Gasteiger charge is -2.21. The first-order valence-electron chi connectivity index (χ1n) is 40.5. The first-order chi connectivity index (χ1) is 46.9. The van der Waals surface area contributed by atoms with Gasteiger partial charge in [-0.2, -0.15) is 0 Å². The Balaban J connectivity index is 5.23. The highest BCUT2D eigenvalue weighted by atomic mass is 31.2. The molecule has 0 fully saturated rings. The molecule has 0 spiro atoms. The van der Waals surface area contributed by atoms with E-state index in [1.54, 1.807) is 0 Å². The van der Waals surface area contributed by atoms with Crippen LogP contribution in [-0.4, -0.2) is 96.7 Å². The fourth-order valence-electron chi connectivity index (χ4n) is 12.0. The molecule has 0 amide bonds. The maximum atomic E-state index is 13.1. The molecule has 0 aromatic heterocycles. The first kappa shape index (κ1) is 95.1. The third kappa shape index (κ3) is 72.2. The molecular weight excluding hydrogens is 1270 g/mol. The molecule has 0 saturated carbocycles. The van der Waals surface area contributed by atoms with Gasteiger partial charge in [-0.05, 0) is 37.5 Å². The second kappa shape index (κ2) is 69.8. The minimum absolute atomic E-state index is 0.105. The molecule has 0 bridgehead atoms. The topological polar surface area (TPSA) is 237 Å². The Hall–Kier alpha value is -1.94. The Labute approximate surface area is 594 Å². The molecule has 17 nitrogen and oxygen atoms in total. The van der Waals surface area contributed by atoms with Crippen LogP contribution < -0.4 is 0 Å². The number of phosphoric ester groups is 2. The van der Waals surface area contributed by atoms with Gasteiger partial charge >= 0.3 is 39.5 Å². The molecule has 0 rings (SSSR count). The average Bonchev–Trinajstić information content (AvgIpc) is 1.93. The van der Waals surface area contributed by atoms with Crippen LogP contribution in [0, 0.1) is 11.8 Å². The molecule has 576 valence electrons. The van der Waals surface area contributed by atoms with Crippen molar-refractivity contribution in [2.45, 2.75) is 426 Å². The molecule has 0 aliphatic rings. The van der Waals surface area contributed by atoms with Gasteiger partial charge in [0.25, 0.3) is 0 Å². The fraction of sp³-hybridized carbons (Fsp3) is 0.949. The van der Waals surface area contributed by atoms with E-state index in [2.05, 4.69) is 41.5 Å². The van der Waals surface area contributed by atoms with Crippen LogP contribution in [0.25, 0.3) is 0 Å². The van der Waals surface area contributed by atoms with Crippen molar-refractivity contribution in [3.05, 3.63) is 0 Å². The van der Waals surface area contributed by atoms with Gasteiger partial charge in [-0.15, -0.1) is 0 Å². The number of phosphoric acid groups is 2. The van der Waals surface area contributed by atoms with Crippen LogP contribution in [0.3, 0.4) is 0 Å². The molecular formula is C78H152O17P2. The zero-order valence-corrected chi connectivity index (χ0v) is 65.2. The zero-order chi connectivity index (χ0) is 71.4. The van der Waals surface area contributed by atoms with Crippen molar-refractivity contribution in [1.29, 1.82) is 0 Å². The summed E-state index contributed by atoms with van der Waals surface area (Å²) in [6, 6.07) is 0. The van der Waals surface area contributed by atoms with Crippen LogP contribution in [0.2, 0.25) is 0 Å². The minimum Gasteiger partial charge on any atom is -0.462 e. The van der Waals surface area contributed by atoms with Crippen LogP contribution in [0.4, 0.5) is 0 Å². The lowest BCUT2D eigenvalue weighted by molar-refractivity contribution is -0.161. The molecule has 19 heteroatoms. The third-order valence-electron chi connectivity index (χ3n) is 18.2. The van der Waals surface area contributed by atoms with Crippen molar-refractivity contribution >= 4 is 39.5 Å². The lowest BCUT2D eigenvalue weighted by Crippen LogP contribution is -2.30. The van der Waals surface area contributed by atoms with Crippen molar-refractivity contribution in [1.82, 2.24) is 0 Å². The van der Waals surface area contributed by atoms with Gasteiger partial charge in [-0.25, -0.2) is 9.13 Å². The zero-order valence-electron chi connectivity index (χ0n) is 63.4. The Morgan fingerprint density at radius 3 is 0.701 bits per heavy atom. The third-order valence-corrected chi connectivity index (χ3v) is 20.1. The van der Waals surface area contributed by atoms with Gasteiger partial charge in [-0.1, -0.05) is 356 Å².